The van der Waals surface area contributed by atoms with Crippen LogP contribution in [0.2, 0.25) is 0 Å². The van der Waals surface area contributed by atoms with Crippen LogP contribution < -0.4 is 5.32 Å². The summed E-state index contributed by atoms with van der Waals surface area (Å²) in [6.07, 6.45) is 8.34. The zero-order valence-electron chi connectivity index (χ0n) is 11.3. The molecule has 2 atom stereocenters. The van der Waals surface area contributed by atoms with Crippen molar-refractivity contribution in [1.82, 2.24) is 10.2 Å². The normalized spacial score (nSPS) is 36.2. The van der Waals surface area contributed by atoms with E-state index in [1.54, 1.807) is 0 Å². The van der Waals surface area contributed by atoms with Crippen LogP contribution in [0.25, 0.3) is 0 Å². The maximum atomic E-state index is 3.44. The molecule has 2 unspecified atom stereocenters. The van der Waals surface area contributed by atoms with Crippen molar-refractivity contribution in [2.75, 3.05) is 20.1 Å². The fourth-order valence-corrected chi connectivity index (χ4v) is 3.36. The molecular formula is C14H28N2. The van der Waals surface area contributed by atoms with Gasteiger partial charge in [0.15, 0.2) is 0 Å². The number of likely N-dealkylation sites (tertiary alicyclic amines) is 1. The van der Waals surface area contributed by atoms with Gasteiger partial charge in [0.25, 0.3) is 0 Å². The van der Waals surface area contributed by atoms with Gasteiger partial charge < -0.3 is 10.2 Å². The van der Waals surface area contributed by atoms with E-state index in [-0.39, 0.29) is 0 Å². The molecule has 2 fully saturated rings. The van der Waals surface area contributed by atoms with Gasteiger partial charge in [-0.05, 0) is 64.1 Å². The first-order valence-electron chi connectivity index (χ1n) is 7.02. The number of rotatable bonds is 2. The van der Waals surface area contributed by atoms with Gasteiger partial charge in [0.1, 0.15) is 0 Å². The molecule has 2 heteroatoms. The van der Waals surface area contributed by atoms with Crippen LogP contribution in [0.4, 0.5) is 0 Å². The first kappa shape index (κ1) is 12.4. The molecule has 0 spiro atoms. The predicted octanol–water partition coefficient (Wildman–Crippen LogP) is 2.64. The van der Waals surface area contributed by atoms with Crippen LogP contribution in [-0.2, 0) is 0 Å². The number of nitrogens with one attached hydrogen (secondary N) is 1. The second-order valence-corrected chi connectivity index (χ2v) is 6.51. The van der Waals surface area contributed by atoms with Gasteiger partial charge in [0, 0.05) is 12.1 Å². The van der Waals surface area contributed by atoms with Crippen LogP contribution >= 0.6 is 0 Å². The molecule has 1 N–H and O–H groups in total. The Labute approximate surface area is 101 Å². The molecule has 1 heterocycles. The van der Waals surface area contributed by atoms with Gasteiger partial charge in [-0.15, -0.1) is 0 Å². The van der Waals surface area contributed by atoms with Gasteiger partial charge in [-0.2, -0.15) is 0 Å². The minimum absolute atomic E-state index is 0.579. The van der Waals surface area contributed by atoms with E-state index in [2.05, 4.69) is 31.1 Å². The largest absolute Gasteiger partial charge is 0.317 e. The Morgan fingerprint density at radius 1 is 1.12 bits per heavy atom. The van der Waals surface area contributed by atoms with Crippen LogP contribution in [0.15, 0.2) is 0 Å². The van der Waals surface area contributed by atoms with Crippen molar-refractivity contribution in [3.05, 3.63) is 0 Å². The molecule has 1 saturated carbocycles. The van der Waals surface area contributed by atoms with E-state index < -0.39 is 0 Å². The summed E-state index contributed by atoms with van der Waals surface area (Å²) in [6.45, 7) is 7.53. The van der Waals surface area contributed by atoms with Crippen molar-refractivity contribution < 1.29 is 0 Å². The minimum Gasteiger partial charge on any atom is -0.317 e. The van der Waals surface area contributed by atoms with E-state index in [4.69, 9.17) is 0 Å². The molecule has 2 rings (SSSR count). The first-order valence-corrected chi connectivity index (χ1v) is 7.02. The molecule has 1 aliphatic carbocycles. The predicted molar refractivity (Wildman–Crippen MR) is 69.7 cm³/mol. The second kappa shape index (κ2) is 5.05. The summed E-state index contributed by atoms with van der Waals surface area (Å²) in [7, 11) is 2.11. The number of nitrogens with zero attached hydrogens (tertiary/aromatic N) is 1. The quantitative estimate of drug-likeness (QED) is 0.776. The highest BCUT2D eigenvalue weighted by molar-refractivity contribution is 4.88. The van der Waals surface area contributed by atoms with Gasteiger partial charge >= 0.3 is 0 Å². The third-order valence-corrected chi connectivity index (χ3v) is 4.70. The molecule has 0 radical (unpaired) electrons. The number of hydrogen-bond donors (Lipinski definition) is 1. The molecule has 94 valence electrons. The van der Waals surface area contributed by atoms with Crippen molar-refractivity contribution >= 4 is 0 Å². The summed E-state index contributed by atoms with van der Waals surface area (Å²) < 4.78 is 0. The Kier molecular flexibility index (Phi) is 3.91. The summed E-state index contributed by atoms with van der Waals surface area (Å²) in [6, 6.07) is 1.65. The Morgan fingerprint density at radius 2 is 1.94 bits per heavy atom. The standard InChI is InChI=1S/C14H28N2/c1-14(2)7-4-9-16(10-8-14)13-6-5-12(11-13)15-3/h12-13,15H,4-11H2,1-3H3. The Bertz CT molecular complexity index is 225. The zero-order chi connectivity index (χ0) is 11.6. The van der Waals surface area contributed by atoms with E-state index in [0.29, 0.717) is 5.41 Å². The Hall–Kier alpha value is -0.0800. The highest BCUT2D eigenvalue weighted by Crippen LogP contribution is 2.33. The summed E-state index contributed by atoms with van der Waals surface area (Å²) >= 11 is 0. The van der Waals surface area contributed by atoms with E-state index in [0.717, 1.165) is 12.1 Å². The van der Waals surface area contributed by atoms with E-state index in [1.807, 2.05) is 0 Å². The SMILES string of the molecule is CNC1CCC(N2CCCC(C)(C)CC2)C1. The summed E-state index contributed by atoms with van der Waals surface area (Å²) in [5.74, 6) is 0. The highest BCUT2D eigenvalue weighted by Gasteiger charge is 2.31. The van der Waals surface area contributed by atoms with E-state index in [1.165, 1.54) is 51.6 Å². The van der Waals surface area contributed by atoms with Gasteiger partial charge in [-0.1, -0.05) is 13.8 Å². The van der Waals surface area contributed by atoms with Crippen molar-refractivity contribution in [3.63, 3.8) is 0 Å². The minimum atomic E-state index is 0.579. The van der Waals surface area contributed by atoms with Gasteiger partial charge in [0.05, 0.1) is 0 Å². The average Bonchev–Trinajstić information content (AvgIpc) is 2.64. The van der Waals surface area contributed by atoms with Crippen molar-refractivity contribution in [3.8, 4) is 0 Å². The molecule has 2 nitrogen and oxygen atoms in total. The lowest BCUT2D eigenvalue weighted by molar-refractivity contribution is 0.195. The van der Waals surface area contributed by atoms with Gasteiger partial charge in [0.2, 0.25) is 0 Å². The fraction of sp³-hybridized carbons (Fsp3) is 1.00. The summed E-state index contributed by atoms with van der Waals surface area (Å²) in [5.41, 5.74) is 0.579. The van der Waals surface area contributed by atoms with Crippen LogP contribution in [-0.4, -0.2) is 37.1 Å². The number of hydrogen-bond acceptors (Lipinski definition) is 2. The lowest BCUT2D eigenvalue weighted by Crippen LogP contribution is -2.36. The molecule has 1 saturated heterocycles. The third kappa shape index (κ3) is 2.98. The summed E-state index contributed by atoms with van der Waals surface area (Å²) in [4.78, 5) is 2.77. The molecule has 0 bridgehead atoms. The van der Waals surface area contributed by atoms with Crippen molar-refractivity contribution in [1.29, 1.82) is 0 Å². The average molecular weight is 224 g/mol. The molecule has 0 amide bonds. The molecule has 0 aromatic heterocycles. The van der Waals surface area contributed by atoms with Gasteiger partial charge in [-0.25, -0.2) is 0 Å². The van der Waals surface area contributed by atoms with Crippen molar-refractivity contribution in [2.24, 2.45) is 5.41 Å². The van der Waals surface area contributed by atoms with Crippen LogP contribution in [0.3, 0.4) is 0 Å². The molecule has 1 aliphatic heterocycles. The molecular weight excluding hydrogens is 196 g/mol. The molecule has 16 heavy (non-hydrogen) atoms. The van der Waals surface area contributed by atoms with E-state index in [9.17, 15) is 0 Å². The summed E-state index contributed by atoms with van der Waals surface area (Å²) in [5, 5.41) is 3.44. The topological polar surface area (TPSA) is 15.3 Å². The second-order valence-electron chi connectivity index (χ2n) is 6.51. The van der Waals surface area contributed by atoms with Crippen LogP contribution in [0, 0.1) is 5.41 Å². The molecule has 0 aromatic rings. The maximum absolute atomic E-state index is 3.44. The molecule has 0 aromatic carbocycles. The lowest BCUT2D eigenvalue weighted by atomic mass is 9.85. The molecule has 2 aliphatic rings. The maximum Gasteiger partial charge on any atom is 0.0111 e. The van der Waals surface area contributed by atoms with E-state index >= 15 is 0 Å². The van der Waals surface area contributed by atoms with Crippen LogP contribution in [0.1, 0.15) is 52.4 Å². The van der Waals surface area contributed by atoms with Crippen LogP contribution in [0.5, 0.6) is 0 Å². The Balaban J connectivity index is 1.86. The Morgan fingerprint density at radius 3 is 2.62 bits per heavy atom. The van der Waals surface area contributed by atoms with Gasteiger partial charge in [-0.3, -0.25) is 0 Å². The fourth-order valence-electron chi connectivity index (χ4n) is 3.36. The highest BCUT2D eigenvalue weighted by atomic mass is 15.2. The van der Waals surface area contributed by atoms with Crippen molar-refractivity contribution in [2.45, 2.75) is 64.5 Å². The first-order chi connectivity index (χ1) is 7.61. The smallest absolute Gasteiger partial charge is 0.0111 e. The third-order valence-electron chi connectivity index (χ3n) is 4.70. The zero-order valence-corrected chi connectivity index (χ0v) is 11.3. The monoisotopic (exact) mass is 224 g/mol. The lowest BCUT2D eigenvalue weighted by Gasteiger charge is -2.28.